The van der Waals surface area contributed by atoms with Gasteiger partial charge in [0.2, 0.25) is 5.95 Å². The van der Waals surface area contributed by atoms with Crippen LogP contribution in [-0.4, -0.2) is 32.3 Å². The van der Waals surface area contributed by atoms with Gasteiger partial charge in [-0.05, 0) is 30.7 Å². The number of methoxy groups -OCH3 is 1. The van der Waals surface area contributed by atoms with Gasteiger partial charge in [-0.3, -0.25) is 13.9 Å². The van der Waals surface area contributed by atoms with Crippen LogP contribution in [0, 0.1) is 0 Å². The number of hydrogen-bond donors (Lipinski definition) is 0. The van der Waals surface area contributed by atoms with Crippen molar-refractivity contribution < 1.29 is 4.74 Å². The highest BCUT2D eigenvalue weighted by atomic mass is 16.5. The fraction of sp³-hybridized carbons (Fsp3) is 0.593. The molecule has 35 heavy (non-hydrogen) atoms. The minimum atomic E-state index is -0.286. The zero-order valence-corrected chi connectivity index (χ0v) is 21.5. The molecule has 0 atom stereocenters. The lowest BCUT2D eigenvalue weighted by atomic mass is 10.1. The second-order valence-electron chi connectivity index (χ2n) is 9.57. The second-order valence-corrected chi connectivity index (χ2v) is 9.57. The second kappa shape index (κ2) is 11.6. The maximum Gasteiger partial charge on any atom is 0.332 e. The van der Waals surface area contributed by atoms with E-state index in [2.05, 4.69) is 11.8 Å². The Balaban J connectivity index is 1.44. The van der Waals surface area contributed by atoms with E-state index in [1.54, 1.807) is 14.2 Å². The molecule has 4 rings (SSSR count). The summed E-state index contributed by atoms with van der Waals surface area (Å²) in [5, 5.41) is 0. The SMILES string of the molecule is CCCCCCCCCCCCn1c(=O)c2c(nc3n2CCN3c2ccc(OC)cc2)n(C)c1=O. The number of imidazole rings is 1. The third-order valence-corrected chi connectivity index (χ3v) is 7.12. The molecule has 1 aromatic carbocycles. The molecule has 0 aliphatic carbocycles. The lowest BCUT2D eigenvalue weighted by molar-refractivity contribution is 0.415. The number of ether oxygens (including phenoxy) is 1. The number of anilines is 2. The quantitative estimate of drug-likeness (QED) is 0.322. The molecule has 0 amide bonds. The number of unbranched alkanes of at least 4 members (excludes halogenated alkanes) is 9. The number of rotatable bonds is 13. The number of hydrogen-bond acceptors (Lipinski definition) is 5. The van der Waals surface area contributed by atoms with E-state index in [0.29, 0.717) is 30.2 Å². The average Bonchev–Trinajstić information content (AvgIpc) is 3.45. The van der Waals surface area contributed by atoms with Gasteiger partial charge in [-0.2, -0.15) is 4.98 Å². The van der Waals surface area contributed by atoms with Crippen molar-refractivity contribution in [2.75, 3.05) is 18.6 Å². The molecule has 1 aliphatic heterocycles. The van der Waals surface area contributed by atoms with Crippen molar-refractivity contribution in [1.29, 1.82) is 0 Å². The number of fused-ring (bicyclic) bond motifs is 3. The van der Waals surface area contributed by atoms with E-state index in [0.717, 1.165) is 37.2 Å². The van der Waals surface area contributed by atoms with Gasteiger partial charge in [0.25, 0.3) is 5.56 Å². The van der Waals surface area contributed by atoms with E-state index < -0.39 is 0 Å². The zero-order chi connectivity index (χ0) is 24.8. The lowest BCUT2D eigenvalue weighted by Crippen LogP contribution is -2.39. The van der Waals surface area contributed by atoms with Crippen LogP contribution in [0.2, 0.25) is 0 Å². The molecular weight excluding hydrogens is 442 g/mol. The van der Waals surface area contributed by atoms with Gasteiger partial charge in [-0.25, -0.2) is 4.79 Å². The Morgan fingerprint density at radius 1 is 0.886 bits per heavy atom. The van der Waals surface area contributed by atoms with Gasteiger partial charge < -0.3 is 14.2 Å². The first-order chi connectivity index (χ1) is 17.1. The van der Waals surface area contributed by atoms with Crippen LogP contribution in [0.4, 0.5) is 11.6 Å². The van der Waals surface area contributed by atoms with E-state index in [9.17, 15) is 9.59 Å². The fourth-order valence-electron chi connectivity index (χ4n) is 5.04. The highest BCUT2D eigenvalue weighted by molar-refractivity contribution is 5.77. The summed E-state index contributed by atoms with van der Waals surface area (Å²) in [6, 6.07) is 7.79. The molecule has 0 unspecified atom stereocenters. The summed E-state index contributed by atoms with van der Waals surface area (Å²) in [7, 11) is 3.35. The Morgan fingerprint density at radius 3 is 2.14 bits per heavy atom. The van der Waals surface area contributed by atoms with Crippen molar-refractivity contribution in [2.45, 2.75) is 84.2 Å². The Morgan fingerprint density at radius 2 is 1.51 bits per heavy atom. The molecule has 8 nitrogen and oxygen atoms in total. The Kier molecular flexibility index (Phi) is 8.31. The first-order valence-electron chi connectivity index (χ1n) is 13.2. The molecule has 0 fully saturated rings. The average molecular weight is 482 g/mol. The van der Waals surface area contributed by atoms with E-state index in [4.69, 9.17) is 9.72 Å². The molecular formula is C27H39N5O3. The number of aryl methyl sites for hydroxylation is 1. The largest absolute Gasteiger partial charge is 0.497 e. The highest BCUT2D eigenvalue weighted by Gasteiger charge is 2.28. The van der Waals surface area contributed by atoms with Crippen molar-refractivity contribution in [3.05, 3.63) is 45.1 Å². The van der Waals surface area contributed by atoms with Crippen molar-refractivity contribution in [3.8, 4) is 5.75 Å². The van der Waals surface area contributed by atoms with Crippen molar-refractivity contribution in [2.24, 2.45) is 7.05 Å². The standard InChI is InChI=1S/C27H39N5O3/c1-4-5-6-7-8-9-10-11-12-13-18-32-25(33)23-24(29(2)27(32)34)28-26-30(19-20-31(23)26)21-14-16-22(35-3)17-15-21/h14-17H,4-13,18-20H2,1-3H3. The van der Waals surface area contributed by atoms with Gasteiger partial charge in [-0.1, -0.05) is 64.7 Å². The lowest BCUT2D eigenvalue weighted by Gasteiger charge is -2.16. The normalized spacial score (nSPS) is 13.1. The predicted octanol–water partition coefficient (Wildman–Crippen LogP) is 4.98. The molecule has 0 bridgehead atoms. The number of nitrogens with zero attached hydrogens (tertiary/aromatic N) is 5. The smallest absolute Gasteiger partial charge is 0.332 e. The van der Waals surface area contributed by atoms with Crippen LogP contribution in [0.1, 0.15) is 71.1 Å². The molecule has 0 saturated carbocycles. The molecule has 0 radical (unpaired) electrons. The van der Waals surface area contributed by atoms with E-state index in [1.807, 2.05) is 28.8 Å². The first kappa shape index (κ1) is 25.1. The molecule has 190 valence electrons. The van der Waals surface area contributed by atoms with E-state index in [1.165, 1.54) is 54.1 Å². The summed E-state index contributed by atoms with van der Waals surface area (Å²) in [6.07, 6.45) is 12.2. The molecule has 0 spiro atoms. The molecule has 3 aromatic rings. The molecule has 0 saturated heterocycles. The van der Waals surface area contributed by atoms with Crippen LogP contribution in [0.25, 0.3) is 11.2 Å². The van der Waals surface area contributed by atoms with Crippen LogP contribution in [0.3, 0.4) is 0 Å². The van der Waals surface area contributed by atoms with Crippen molar-refractivity contribution >= 4 is 22.8 Å². The number of aromatic nitrogens is 4. The summed E-state index contributed by atoms with van der Waals surface area (Å²) < 4.78 is 10.1. The van der Waals surface area contributed by atoms with E-state index >= 15 is 0 Å². The first-order valence-corrected chi connectivity index (χ1v) is 13.2. The fourth-order valence-corrected chi connectivity index (χ4v) is 5.04. The van der Waals surface area contributed by atoms with Gasteiger partial charge in [0.1, 0.15) is 5.75 Å². The van der Waals surface area contributed by atoms with Gasteiger partial charge in [0.15, 0.2) is 11.2 Å². The summed E-state index contributed by atoms with van der Waals surface area (Å²) in [6.45, 7) is 4.09. The van der Waals surface area contributed by atoms with Crippen LogP contribution in [0.5, 0.6) is 5.75 Å². The molecule has 2 aromatic heterocycles. The van der Waals surface area contributed by atoms with Crippen molar-refractivity contribution in [1.82, 2.24) is 18.7 Å². The molecule has 1 aliphatic rings. The summed E-state index contributed by atoms with van der Waals surface area (Å²) in [5.74, 6) is 1.49. The maximum absolute atomic E-state index is 13.4. The molecule has 8 heteroatoms. The Hall–Kier alpha value is -3.03. The predicted molar refractivity (Wildman–Crippen MR) is 141 cm³/mol. The van der Waals surface area contributed by atoms with Crippen LogP contribution >= 0.6 is 0 Å². The van der Waals surface area contributed by atoms with Crippen LogP contribution in [-0.2, 0) is 20.1 Å². The topological polar surface area (TPSA) is 74.3 Å². The van der Waals surface area contributed by atoms with Gasteiger partial charge in [0, 0.05) is 32.4 Å². The van der Waals surface area contributed by atoms with Crippen LogP contribution in [0.15, 0.2) is 33.9 Å². The third kappa shape index (κ3) is 5.31. The third-order valence-electron chi connectivity index (χ3n) is 7.12. The van der Waals surface area contributed by atoms with Gasteiger partial charge in [-0.15, -0.1) is 0 Å². The van der Waals surface area contributed by atoms with Crippen molar-refractivity contribution in [3.63, 3.8) is 0 Å². The summed E-state index contributed by atoms with van der Waals surface area (Å²) in [5.41, 5.74) is 1.44. The maximum atomic E-state index is 13.4. The minimum absolute atomic E-state index is 0.227. The Bertz CT molecular complexity index is 1240. The molecule has 3 heterocycles. The minimum Gasteiger partial charge on any atom is -0.497 e. The summed E-state index contributed by atoms with van der Waals surface area (Å²) in [4.78, 5) is 33.2. The van der Waals surface area contributed by atoms with Gasteiger partial charge >= 0.3 is 5.69 Å². The zero-order valence-electron chi connectivity index (χ0n) is 21.5. The molecule has 0 N–H and O–H groups in total. The number of benzene rings is 1. The summed E-state index contributed by atoms with van der Waals surface area (Å²) >= 11 is 0. The van der Waals surface area contributed by atoms with E-state index in [-0.39, 0.29) is 11.2 Å². The Labute approximate surface area is 207 Å². The van der Waals surface area contributed by atoms with Gasteiger partial charge in [0.05, 0.1) is 7.11 Å². The van der Waals surface area contributed by atoms with Crippen LogP contribution < -0.4 is 20.9 Å². The monoisotopic (exact) mass is 481 g/mol. The highest BCUT2D eigenvalue weighted by Crippen LogP contribution is 2.32.